The molecule has 0 aliphatic heterocycles. The first-order valence-corrected chi connectivity index (χ1v) is 11.9. The van der Waals surface area contributed by atoms with Crippen LogP contribution in [0.25, 0.3) is 17.1 Å². The van der Waals surface area contributed by atoms with E-state index in [0.717, 1.165) is 28.3 Å². The molecule has 0 aliphatic carbocycles. The Kier molecular flexibility index (Phi) is 7.49. The molecule has 0 bridgehead atoms. The molecule has 4 rings (SSSR count). The highest BCUT2D eigenvalue weighted by Crippen LogP contribution is 2.29. The topological polar surface area (TPSA) is 78.3 Å². The predicted octanol–water partition coefficient (Wildman–Crippen LogP) is 5.38. The second-order valence-corrected chi connectivity index (χ2v) is 8.45. The summed E-state index contributed by atoms with van der Waals surface area (Å²) in [5.74, 6) is 2.30. The summed E-state index contributed by atoms with van der Waals surface area (Å²) in [5.41, 5.74) is 3.68. The van der Waals surface area contributed by atoms with Crippen LogP contribution in [0, 0.1) is 6.92 Å². The zero-order valence-electron chi connectivity index (χ0n) is 19.3. The van der Waals surface area contributed by atoms with Crippen molar-refractivity contribution in [2.75, 3.05) is 24.8 Å². The lowest BCUT2D eigenvalue weighted by Gasteiger charge is -2.12. The molecule has 1 amide bonds. The van der Waals surface area contributed by atoms with Crippen LogP contribution in [0.5, 0.6) is 11.5 Å². The van der Waals surface area contributed by atoms with Crippen molar-refractivity contribution in [3.05, 3.63) is 78.4 Å². The third kappa shape index (κ3) is 5.58. The maximum atomic E-state index is 12.6. The Balaban J connectivity index is 1.55. The molecule has 0 fully saturated rings. The maximum absolute atomic E-state index is 12.6. The average Bonchev–Trinajstić information content (AvgIpc) is 3.28. The molecule has 8 heteroatoms. The Morgan fingerprint density at radius 1 is 1.00 bits per heavy atom. The first-order valence-electron chi connectivity index (χ1n) is 10.9. The molecule has 0 saturated carbocycles. The van der Waals surface area contributed by atoms with E-state index in [-0.39, 0.29) is 11.7 Å². The molecule has 0 spiro atoms. The Bertz CT molecular complexity index is 1250. The second kappa shape index (κ2) is 10.9. The number of anilines is 1. The zero-order valence-corrected chi connectivity index (χ0v) is 20.1. The third-order valence-corrected chi connectivity index (χ3v) is 5.95. The molecule has 174 valence electrons. The number of aromatic nitrogens is 3. The van der Waals surface area contributed by atoms with Crippen LogP contribution < -0.4 is 14.8 Å². The van der Waals surface area contributed by atoms with Gasteiger partial charge in [-0.25, -0.2) is 0 Å². The second-order valence-electron chi connectivity index (χ2n) is 7.50. The fourth-order valence-electron chi connectivity index (χ4n) is 3.43. The number of nitrogens with zero attached hydrogens (tertiary/aromatic N) is 3. The Labute approximate surface area is 203 Å². The van der Waals surface area contributed by atoms with Crippen molar-refractivity contribution in [1.82, 2.24) is 14.8 Å². The van der Waals surface area contributed by atoms with Gasteiger partial charge in [-0.3, -0.25) is 9.36 Å². The van der Waals surface area contributed by atoms with Gasteiger partial charge in [0.05, 0.1) is 19.5 Å². The van der Waals surface area contributed by atoms with Crippen molar-refractivity contribution in [3.8, 4) is 28.6 Å². The third-order valence-electron chi connectivity index (χ3n) is 5.02. The Hall–Kier alpha value is -3.78. The van der Waals surface area contributed by atoms with Crippen LogP contribution in [-0.2, 0) is 4.79 Å². The number of nitrogens with one attached hydrogen (secondary N) is 1. The number of hydrogen-bond acceptors (Lipinski definition) is 6. The molecule has 0 unspecified atom stereocenters. The monoisotopic (exact) mass is 474 g/mol. The summed E-state index contributed by atoms with van der Waals surface area (Å²) in [7, 11) is 1.64. The summed E-state index contributed by atoms with van der Waals surface area (Å²) in [6.45, 7) is 4.57. The lowest BCUT2D eigenvalue weighted by Crippen LogP contribution is -2.14. The summed E-state index contributed by atoms with van der Waals surface area (Å²) in [6.07, 6.45) is 0. The van der Waals surface area contributed by atoms with Gasteiger partial charge in [0, 0.05) is 16.9 Å². The van der Waals surface area contributed by atoms with Gasteiger partial charge in [-0.2, -0.15) is 0 Å². The number of hydrogen-bond donors (Lipinski definition) is 1. The highest BCUT2D eigenvalue weighted by Gasteiger charge is 2.18. The number of aryl methyl sites for hydroxylation is 1. The molecule has 7 nitrogen and oxygen atoms in total. The normalized spacial score (nSPS) is 10.7. The van der Waals surface area contributed by atoms with E-state index < -0.39 is 0 Å². The summed E-state index contributed by atoms with van der Waals surface area (Å²) < 4.78 is 12.7. The Morgan fingerprint density at radius 3 is 2.41 bits per heavy atom. The number of amides is 1. The van der Waals surface area contributed by atoms with E-state index in [4.69, 9.17) is 9.47 Å². The molecule has 1 heterocycles. The van der Waals surface area contributed by atoms with E-state index in [1.54, 1.807) is 7.11 Å². The van der Waals surface area contributed by atoms with Crippen LogP contribution in [0.15, 0.2) is 78.0 Å². The van der Waals surface area contributed by atoms with Gasteiger partial charge in [0.2, 0.25) is 5.91 Å². The molecule has 1 N–H and O–H groups in total. The fourth-order valence-corrected chi connectivity index (χ4v) is 4.18. The van der Waals surface area contributed by atoms with Crippen LogP contribution in [-0.4, -0.2) is 40.1 Å². The van der Waals surface area contributed by atoms with Gasteiger partial charge in [-0.1, -0.05) is 35.5 Å². The van der Waals surface area contributed by atoms with Crippen molar-refractivity contribution in [2.24, 2.45) is 0 Å². The maximum Gasteiger partial charge on any atom is 0.234 e. The first-order chi connectivity index (χ1) is 16.6. The SMILES string of the molecule is CCOc1ccc(NC(=O)CSc2nnc(-c3cccc(C)c3)n2-c2ccc(OC)cc2)cc1. The smallest absolute Gasteiger partial charge is 0.234 e. The number of carbonyl (C=O) groups excluding carboxylic acids is 1. The van der Waals surface area contributed by atoms with E-state index in [1.807, 2.05) is 85.1 Å². The highest BCUT2D eigenvalue weighted by molar-refractivity contribution is 7.99. The van der Waals surface area contributed by atoms with Gasteiger partial charge in [0.15, 0.2) is 11.0 Å². The standard InChI is InChI=1S/C26H26N4O3S/c1-4-33-23-12-8-20(9-13-23)27-24(31)17-34-26-29-28-25(19-7-5-6-18(2)16-19)30(26)21-10-14-22(32-3)15-11-21/h5-16H,4,17H2,1-3H3,(H,27,31). The molecule has 0 radical (unpaired) electrons. The minimum Gasteiger partial charge on any atom is -0.497 e. The van der Waals surface area contributed by atoms with Crippen LogP contribution in [0.4, 0.5) is 5.69 Å². The number of rotatable bonds is 9. The summed E-state index contributed by atoms with van der Waals surface area (Å²) >= 11 is 1.33. The fraction of sp³-hybridized carbons (Fsp3) is 0.192. The molecular weight excluding hydrogens is 448 g/mol. The van der Waals surface area contributed by atoms with Gasteiger partial charge in [0.1, 0.15) is 11.5 Å². The van der Waals surface area contributed by atoms with Gasteiger partial charge in [0.25, 0.3) is 0 Å². The molecule has 1 aromatic heterocycles. The van der Waals surface area contributed by atoms with E-state index in [2.05, 4.69) is 21.6 Å². The molecule has 34 heavy (non-hydrogen) atoms. The minimum atomic E-state index is -0.129. The largest absolute Gasteiger partial charge is 0.497 e. The molecule has 0 saturated heterocycles. The highest BCUT2D eigenvalue weighted by atomic mass is 32.2. The number of benzene rings is 3. The molecular formula is C26H26N4O3S. The van der Waals surface area contributed by atoms with E-state index in [1.165, 1.54) is 11.8 Å². The summed E-state index contributed by atoms with van der Waals surface area (Å²) in [4.78, 5) is 12.6. The first kappa shape index (κ1) is 23.4. The predicted molar refractivity (Wildman–Crippen MR) is 135 cm³/mol. The van der Waals surface area contributed by atoms with Crippen molar-refractivity contribution in [2.45, 2.75) is 19.0 Å². The molecule has 0 aliphatic rings. The van der Waals surface area contributed by atoms with Gasteiger partial charge in [-0.05, 0) is 68.4 Å². The van der Waals surface area contributed by atoms with Crippen molar-refractivity contribution < 1.29 is 14.3 Å². The van der Waals surface area contributed by atoms with Gasteiger partial charge >= 0.3 is 0 Å². The van der Waals surface area contributed by atoms with E-state index >= 15 is 0 Å². The van der Waals surface area contributed by atoms with Crippen LogP contribution in [0.3, 0.4) is 0 Å². The number of methoxy groups -OCH3 is 1. The zero-order chi connectivity index (χ0) is 23.9. The van der Waals surface area contributed by atoms with Gasteiger partial charge in [-0.15, -0.1) is 10.2 Å². The molecule has 3 aromatic carbocycles. The van der Waals surface area contributed by atoms with Crippen molar-refractivity contribution >= 4 is 23.4 Å². The summed E-state index contributed by atoms with van der Waals surface area (Å²) in [5, 5.41) is 12.4. The number of thioether (sulfide) groups is 1. The van der Waals surface area contributed by atoms with Crippen LogP contribution in [0.2, 0.25) is 0 Å². The quantitative estimate of drug-likeness (QED) is 0.328. The molecule has 0 atom stereocenters. The summed E-state index contributed by atoms with van der Waals surface area (Å²) in [6, 6.07) is 23.1. The minimum absolute atomic E-state index is 0.129. The Morgan fingerprint density at radius 2 is 1.74 bits per heavy atom. The van der Waals surface area contributed by atoms with Crippen LogP contribution in [0.1, 0.15) is 12.5 Å². The van der Waals surface area contributed by atoms with Crippen LogP contribution >= 0.6 is 11.8 Å². The molecule has 4 aromatic rings. The van der Waals surface area contributed by atoms with Crippen molar-refractivity contribution in [1.29, 1.82) is 0 Å². The van der Waals surface area contributed by atoms with E-state index in [9.17, 15) is 4.79 Å². The number of carbonyl (C=O) groups is 1. The average molecular weight is 475 g/mol. The lowest BCUT2D eigenvalue weighted by atomic mass is 10.1. The van der Waals surface area contributed by atoms with Gasteiger partial charge < -0.3 is 14.8 Å². The van der Waals surface area contributed by atoms with Crippen molar-refractivity contribution in [3.63, 3.8) is 0 Å². The van der Waals surface area contributed by atoms with E-state index in [0.29, 0.717) is 23.3 Å². The lowest BCUT2D eigenvalue weighted by molar-refractivity contribution is -0.113. The number of ether oxygens (including phenoxy) is 2.